The lowest BCUT2D eigenvalue weighted by Crippen LogP contribution is -1.89. The van der Waals surface area contributed by atoms with E-state index >= 15 is 0 Å². The van der Waals surface area contributed by atoms with Gasteiger partial charge in [-0.3, -0.25) is 4.98 Å². The number of hydrogen-bond acceptors (Lipinski definition) is 3. The average Bonchev–Trinajstić information content (AvgIpc) is 3.37. The fourth-order valence-electron chi connectivity index (χ4n) is 4.88. The van der Waals surface area contributed by atoms with Gasteiger partial charge in [0.05, 0.1) is 5.69 Å². The van der Waals surface area contributed by atoms with Gasteiger partial charge in [-0.1, -0.05) is 84.9 Å². The van der Waals surface area contributed by atoms with Gasteiger partial charge in [-0.15, -0.1) is 0 Å². The first-order chi connectivity index (χ1) is 17.3. The topological polar surface area (TPSA) is 38.9 Å². The Labute approximate surface area is 202 Å². The Morgan fingerprint density at radius 2 is 1.29 bits per heavy atom. The third-order valence-corrected chi connectivity index (χ3v) is 6.54. The molecule has 35 heavy (non-hydrogen) atoms. The molecule has 0 aliphatic heterocycles. The highest BCUT2D eigenvalue weighted by molar-refractivity contribution is 6.11. The van der Waals surface area contributed by atoms with Crippen LogP contribution in [-0.4, -0.2) is 9.97 Å². The van der Waals surface area contributed by atoms with E-state index < -0.39 is 0 Å². The average molecular weight is 449 g/mol. The minimum atomic E-state index is 0.617. The molecule has 5 aromatic carbocycles. The van der Waals surface area contributed by atoms with E-state index in [0.29, 0.717) is 5.89 Å². The lowest BCUT2D eigenvalue weighted by atomic mass is 9.96. The molecule has 2 heterocycles. The molecule has 7 aromatic rings. The molecule has 164 valence electrons. The van der Waals surface area contributed by atoms with Gasteiger partial charge in [0.1, 0.15) is 5.52 Å². The molecule has 2 aromatic heterocycles. The molecule has 0 amide bonds. The minimum absolute atomic E-state index is 0.617. The second-order valence-corrected chi connectivity index (χ2v) is 8.66. The van der Waals surface area contributed by atoms with Gasteiger partial charge in [0.15, 0.2) is 5.58 Å². The molecule has 0 fully saturated rings. The Balaban J connectivity index is 1.52. The van der Waals surface area contributed by atoms with E-state index in [1.54, 1.807) is 0 Å². The molecule has 0 radical (unpaired) electrons. The van der Waals surface area contributed by atoms with Crippen molar-refractivity contribution >= 4 is 32.6 Å². The summed E-state index contributed by atoms with van der Waals surface area (Å²) in [6.07, 6.45) is 1.90. The van der Waals surface area contributed by atoms with Gasteiger partial charge in [-0.2, -0.15) is 0 Å². The maximum atomic E-state index is 6.32. The second-order valence-electron chi connectivity index (χ2n) is 8.66. The number of fused-ring (bicyclic) bond motifs is 4. The van der Waals surface area contributed by atoms with Gasteiger partial charge < -0.3 is 4.42 Å². The van der Waals surface area contributed by atoms with Crippen LogP contribution in [0, 0.1) is 0 Å². The first-order valence-corrected chi connectivity index (χ1v) is 11.7. The van der Waals surface area contributed by atoms with Crippen molar-refractivity contribution in [3.05, 3.63) is 121 Å². The third-order valence-electron chi connectivity index (χ3n) is 6.54. The van der Waals surface area contributed by atoms with Crippen molar-refractivity contribution in [3.63, 3.8) is 0 Å². The van der Waals surface area contributed by atoms with Crippen LogP contribution in [0.5, 0.6) is 0 Å². The van der Waals surface area contributed by atoms with Crippen LogP contribution in [-0.2, 0) is 0 Å². The number of pyridine rings is 1. The predicted molar refractivity (Wildman–Crippen MR) is 143 cm³/mol. The molecule has 0 spiro atoms. The van der Waals surface area contributed by atoms with E-state index in [-0.39, 0.29) is 0 Å². The Kier molecular flexibility index (Phi) is 4.46. The van der Waals surface area contributed by atoms with Gasteiger partial charge in [0.2, 0.25) is 5.89 Å². The lowest BCUT2D eigenvalue weighted by Gasteiger charge is -2.10. The Morgan fingerprint density at radius 3 is 2.11 bits per heavy atom. The van der Waals surface area contributed by atoms with Crippen LogP contribution in [0.1, 0.15) is 0 Å². The van der Waals surface area contributed by atoms with Crippen molar-refractivity contribution < 1.29 is 4.42 Å². The zero-order chi connectivity index (χ0) is 23.2. The molecule has 7 rings (SSSR count). The van der Waals surface area contributed by atoms with Gasteiger partial charge in [-0.25, -0.2) is 4.98 Å². The second kappa shape index (κ2) is 7.93. The van der Waals surface area contributed by atoms with Crippen molar-refractivity contribution in [2.24, 2.45) is 0 Å². The van der Waals surface area contributed by atoms with Crippen LogP contribution in [0.15, 0.2) is 126 Å². The maximum absolute atomic E-state index is 6.32. The van der Waals surface area contributed by atoms with Gasteiger partial charge in [-0.05, 0) is 52.1 Å². The van der Waals surface area contributed by atoms with Crippen molar-refractivity contribution in [2.75, 3.05) is 0 Å². The molecular formula is C32H20N2O. The molecule has 0 saturated carbocycles. The van der Waals surface area contributed by atoms with E-state index in [0.717, 1.165) is 44.4 Å². The molecule has 0 unspecified atom stereocenters. The highest BCUT2D eigenvalue weighted by Gasteiger charge is 2.17. The lowest BCUT2D eigenvalue weighted by molar-refractivity contribution is 0.620. The summed E-state index contributed by atoms with van der Waals surface area (Å²) < 4.78 is 6.32. The van der Waals surface area contributed by atoms with Crippen LogP contribution < -0.4 is 0 Å². The summed E-state index contributed by atoms with van der Waals surface area (Å²) in [5.74, 6) is 0.617. The smallest absolute Gasteiger partial charge is 0.227 e. The van der Waals surface area contributed by atoms with E-state index in [4.69, 9.17) is 14.4 Å². The highest BCUT2D eigenvalue weighted by Crippen LogP contribution is 2.38. The molecule has 0 saturated heterocycles. The van der Waals surface area contributed by atoms with E-state index in [1.165, 1.54) is 16.2 Å². The Bertz CT molecular complexity index is 1840. The predicted octanol–water partition coefficient (Wildman–Crippen LogP) is 8.53. The number of aromatic nitrogens is 2. The van der Waals surface area contributed by atoms with Crippen molar-refractivity contribution in [3.8, 4) is 33.8 Å². The van der Waals surface area contributed by atoms with Gasteiger partial charge in [0.25, 0.3) is 0 Å². The largest absolute Gasteiger partial charge is 0.436 e. The van der Waals surface area contributed by atoms with Crippen molar-refractivity contribution in [1.82, 2.24) is 9.97 Å². The zero-order valence-electron chi connectivity index (χ0n) is 18.8. The van der Waals surface area contributed by atoms with Crippen LogP contribution in [0.25, 0.3) is 66.5 Å². The maximum Gasteiger partial charge on any atom is 0.227 e. The van der Waals surface area contributed by atoms with Gasteiger partial charge in [0, 0.05) is 28.3 Å². The molecule has 0 N–H and O–H groups in total. The number of benzene rings is 5. The standard InChI is InChI=1S/C32H20N2O/c1-3-9-21(10-4-1)28-19-24(20-29-31(28)34-32(35-29)23-12-5-2-6-13-23)30-27-16-15-22-11-7-8-14-25(22)26(27)17-18-33-30/h1-20H. The molecule has 0 atom stereocenters. The SMILES string of the molecule is c1ccc(-c2nc3c(-c4ccccc4)cc(-c4nccc5c4ccc4ccccc45)cc3o2)cc1. The molecule has 3 heteroatoms. The normalized spacial score (nSPS) is 11.4. The summed E-state index contributed by atoms with van der Waals surface area (Å²) in [6, 6.07) is 39.5. The molecule has 0 bridgehead atoms. The summed E-state index contributed by atoms with van der Waals surface area (Å²) in [5, 5.41) is 4.76. The fourth-order valence-corrected chi connectivity index (χ4v) is 4.88. The number of oxazole rings is 1. The number of hydrogen-bond donors (Lipinski definition) is 0. The summed E-state index contributed by atoms with van der Waals surface area (Å²) >= 11 is 0. The Hall–Kier alpha value is -4.76. The molecule has 0 aliphatic carbocycles. The van der Waals surface area contributed by atoms with Gasteiger partial charge >= 0.3 is 0 Å². The fraction of sp³-hybridized carbons (Fsp3) is 0. The third kappa shape index (κ3) is 3.29. The number of rotatable bonds is 3. The zero-order valence-corrected chi connectivity index (χ0v) is 18.8. The summed E-state index contributed by atoms with van der Waals surface area (Å²) in [7, 11) is 0. The van der Waals surface area contributed by atoms with E-state index in [2.05, 4.69) is 66.7 Å². The molecule has 3 nitrogen and oxygen atoms in total. The monoisotopic (exact) mass is 448 g/mol. The van der Waals surface area contributed by atoms with E-state index in [9.17, 15) is 0 Å². The van der Waals surface area contributed by atoms with Crippen molar-refractivity contribution in [1.29, 1.82) is 0 Å². The first kappa shape index (κ1) is 19.7. The molecule has 0 aliphatic rings. The molecular weight excluding hydrogens is 428 g/mol. The quantitative estimate of drug-likeness (QED) is 0.254. The van der Waals surface area contributed by atoms with Crippen LogP contribution in [0.3, 0.4) is 0 Å². The van der Waals surface area contributed by atoms with Crippen molar-refractivity contribution in [2.45, 2.75) is 0 Å². The Morgan fingerprint density at radius 1 is 0.543 bits per heavy atom. The highest BCUT2D eigenvalue weighted by atomic mass is 16.3. The first-order valence-electron chi connectivity index (χ1n) is 11.7. The van der Waals surface area contributed by atoms with Crippen LogP contribution >= 0.6 is 0 Å². The summed E-state index contributed by atoms with van der Waals surface area (Å²) in [6.45, 7) is 0. The number of nitrogens with zero attached hydrogens (tertiary/aromatic N) is 2. The van der Waals surface area contributed by atoms with Crippen LogP contribution in [0.2, 0.25) is 0 Å². The summed E-state index contributed by atoms with van der Waals surface area (Å²) in [5.41, 5.74) is 6.63. The van der Waals surface area contributed by atoms with E-state index in [1.807, 2.05) is 54.7 Å². The minimum Gasteiger partial charge on any atom is -0.436 e. The van der Waals surface area contributed by atoms with Crippen LogP contribution in [0.4, 0.5) is 0 Å². The summed E-state index contributed by atoms with van der Waals surface area (Å²) in [4.78, 5) is 9.74.